The van der Waals surface area contributed by atoms with Crippen molar-refractivity contribution in [2.75, 3.05) is 0 Å². The van der Waals surface area contributed by atoms with Crippen molar-refractivity contribution in [2.24, 2.45) is 0 Å². The Labute approximate surface area is 52.4 Å². The Kier molecular flexibility index (Phi) is 1.28. The maximum atomic E-state index is 8.42. The van der Waals surface area contributed by atoms with E-state index in [1.54, 1.807) is 6.92 Å². The second kappa shape index (κ2) is 1.61. The van der Waals surface area contributed by atoms with Gasteiger partial charge in [-0.25, -0.2) is 0 Å². The van der Waals surface area contributed by atoms with Crippen LogP contribution >= 0.6 is 11.6 Å². The van der Waals surface area contributed by atoms with E-state index >= 15 is 0 Å². The molecule has 0 radical (unpaired) electrons. The van der Waals surface area contributed by atoms with Gasteiger partial charge in [0.05, 0.1) is 6.10 Å². The SMILES string of the molecule is CC1OC1(Cl)B(O)O. The third-order valence-electron chi connectivity index (χ3n) is 1.21. The maximum Gasteiger partial charge on any atom is 0.505 e. The first-order valence-electron chi connectivity index (χ1n) is 2.30. The highest BCUT2D eigenvalue weighted by atomic mass is 35.5. The molecule has 0 aromatic heterocycles. The molecule has 1 aliphatic rings. The number of halogens is 1. The Morgan fingerprint density at radius 3 is 2.12 bits per heavy atom. The number of hydrogen-bond donors (Lipinski definition) is 2. The number of rotatable bonds is 1. The summed E-state index contributed by atoms with van der Waals surface area (Å²) in [4.78, 5) is -1.21. The topological polar surface area (TPSA) is 53.0 Å². The second-order valence-corrected chi connectivity index (χ2v) is 2.42. The lowest BCUT2D eigenvalue weighted by molar-refractivity contribution is 0.330. The van der Waals surface area contributed by atoms with E-state index in [2.05, 4.69) is 4.74 Å². The van der Waals surface area contributed by atoms with Gasteiger partial charge in [-0.05, 0) is 6.92 Å². The van der Waals surface area contributed by atoms with Crippen molar-refractivity contribution in [3.8, 4) is 0 Å². The van der Waals surface area contributed by atoms with Gasteiger partial charge in [0.15, 0.2) is 0 Å². The van der Waals surface area contributed by atoms with Gasteiger partial charge in [0, 0.05) is 0 Å². The predicted octanol–water partition coefficient (Wildman–Crippen LogP) is -0.648. The zero-order valence-electron chi connectivity index (χ0n) is 4.34. The van der Waals surface area contributed by atoms with Crippen molar-refractivity contribution >= 4 is 18.7 Å². The van der Waals surface area contributed by atoms with Crippen LogP contribution in [0.4, 0.5) is 0 Å². The highest BCUT2D eigenvalue weighted by Gasteiger charge is 2.61. The normalized spacial score (nSPS) is 44.2. The van der Waals surface area contributed by atoms with Gasteiger partial charge in [0.25, 0.3) is 0 Å². The third-order valence-corrected chi connectivity index (χ3v) is 1.80. The van der Waals surface area contributed by atoms with Gasteiger partial charge in [0.2, 0.25) is 4.96 Å². The molecule has 1 heterocycles. The molecule has 2 N–H and O–H groups in total. The average Bonchev–Trinajstić information content (AvgIpc) is 2.17. The smallest absolute Gasteiger partial charge is 0.424 e. The first kappa shape index (κ1) is 6.36. The van der Waals surface area contributed by atoms with Crippen molar-refractivity contribution < 1.29 is 14.8 Å². The average molecular weight is 136 g/mol. The Hall–Kier alpha value is 0.235. The summed E-state index contributed by atoms with van der Waals surface area (Å²) < 4.78 is 4.63. The first-order valence-corrected chi connectivity index (χ1v) is 2.68. The number of alkyl halides is 1. The summed E-state index contributed by atoms with van der Waals surface area (Å²) in [6.45, 7) is 1.67. The predicted molar refractivity (Wildman–Crippen MR) is 29.3 cm³/mol. The zero-order valence-corrected chi connectivity index (χ0v) is 5.09. The van der Waals surface area contributed by atoms with Gasteiger partial charge in [-0.3, -0.25) is 0 Å². The zero-order chi connectivity index (χ0) is 6.36. The van der Waals surface area contributed by atoms with Crippen LogP contribution in [0.5, 0.6) is 0 Å². The molecule has 46 valence electrons. The summed E-state index contributed by atoms with van der Waals surface area (Å²) in [5, 5.41) is 16.8. The molecule has 0 aromatic rings. The molecule has 2 atom stereocenters. The second-order valence-electron chi connectivity index (χ2n) is 1.83. The van der Waals surface area contributed by atoms with Crippen molar-refractivity contribution in [2.45, 2.75) is 18.0 Å². The van der Waals surface area contributed by atoms with E-state index in [0.717, 1.165) is 0 Å². The van der Waals surface area contributed by atoms with Gasteiger partial charge >= 0.3 is 7.12 Å². The lowest BCUT2D eigenvalue weighted by atomic mass is 9.83. The fourth-order valence-corrected chi connectivity index (χ4v) is 0.641. The molecule has 1 fully saturated rings. The van der Waals surface area contributed by atoms with E-state index in [1.165, 1.54) is 0 Å². The van der Waals surface area contributed by atoms with Gasteiger partial charge in [-0.2, -0.15) is 0 Å². The standard InChI is InChI=1S/C3H6BClO3/c1-2-3(5,8-2)4(6)7/h2,6-7H,1H3. The minimum Gasteiger partial charge on any atom is -0.424 e. The molecule has 1 rings (SSSR count). The summed E-state index contributed by atoms with van der Waals surface area (Å²) in [5.41, 5.74) is 0. The summed E-state index contributed by atoms with van der Waals surface area (Å²) >= 11 is 5.41. The minimum atomic E-state index is -1.57. The molecule has 1 saturated heterocycles. The van der Waals surface area contributed by atoms with Crippen LogP contribution in [0.15, 0.2) is 0 Å². The molecular weight excluding hydrogens is 130 g/mol. The van der Waals surface area contributed by atoms with Gasteiger partial charge in [-0.1, -0.05) is 11.6 Å². The van der Waals surface area contributed by atoms with Gasteiger partial charge in [0.1, 0.15) is 0 Å². The van der Waals surface area contributed by atoms with Crippen molar-refractivity contribution in [3.63, 3.8) is 0 Å². The van der Waals surface area contributed by atoms with E-state index in [4.69, 9.17) is 21.6 Å². The highest BCUT2D eigenvalue weighted by Crippen LogP contribution is 2.40. The van der Waals surface area contributed by atoms with E-state index in [1.807, 2.05) is 0 Å². The Balaban J connectivity index is 2.47. The quantitative estimate of drug-likeness (QED) is 0.286. The number of hydrogen-bond acceptors (Lipinski definition) is 3. The fraction of sp³-hybridized carbons (Fsp3) is 1.00. The van der Waals surface area contributed by atoms with Crippen LogP contribution in [0.25, 0.3) is 0 Å². The van der Waals surface area contributed by atoms with Gasteiger partial charge < -0.3 is 14.8 Å². The molecule has 2 unspecified atom stereocenters. The van der Waals surface area contributed by atoms with E-state index in [0.29, 0.717) is 0 Å². The van der Waals surface area contributed by atoms with Crippen LogP contribution in [0.2, 0.25) is 0 Å². The van der Waals surface area contributed by atoms with Crippen LogP contribution in [-0.2, 0) is 4.74 Å². The monoisotopic (exact) mass is 136 g/mol. The van der Waals surface area contributed by atoms with Crippen LogP contribution < -0.4 is 0 Å². The van der Waals surface area contributed by atoms with Gasteiger partial charge in [-0.15, -0.1) is 0 Å². The molecule has 0 amide bonds. The van der Waals surface area contributed by atoms with Crippen LogP contribution in [0, 0.1) is 0 Å². The molecule has 0 aliphatic carbocycles. The molecule has 5 heteroatoms. The largest absolute Gasteiger partial charge is 0.505 e. The fourth-order valence-electron chi connectivity index (χ4n) is 0.508. The summed E-state index contributed by atoms with van der Waals surface area (Å²) in [5.74, 6) is 0. The van der Waals surface area contributed by atoms with Crippen molar-refractivity contribution in [3.05, 3.63) is 0 Å². The molecular formula is C3H6BClO3. The Morgan fingerprint density at radius 1 is 1.75 bits per heavy atom. The van der Waals surface area contributed by atoms with E-state index in [-0.39, 0.29) is 6.10 Å². The van der Waals surface area contributed by atoms with Crippen molar-refractivity contribution in [1.29, 1.82) is 0 Å². The maximum absolute atomic E-state index is 8.42. The molecule has 0 bridgehead atoms. The highest BCUT2D eigenvalue weighted by molar-refractivity contribution is 6.61. The summed E-state index contributed by atoms with van der Waals surface area (Å²) in [7, 11) is -1.57. The molecule has 3 nitrogen and oxygen atoms in total. The van der Waals surface area contributed by atoms with Crippen LogP contribution in [0.3, 0.4) is 0 Å². The summed E-state index contributed by atoms with van der Waals surface area (Å²) in [6, 6.07) is 0. The van der Waals surface area contributed by atoms with E-state index < -0.39 is 12.1 Å². The van der Waals surface area contributed by atoms with Crippen molar-refractivity contribution in [1.82, 2.24) is 0 Å². The minimum absolute atomic E-state index is 0.246. The molecule has 8 heavy (non-hydrogen) atoms. The lowest BCUT2D eigenvalue weighted by Gasteiger charge is -1.96. The number of epoxide rings is 1. The Morgan fingerprint density at radius 2 is 2.12 bits per heavy atom. The molecule has 1 aliphatic heterocycles. The summed E-state index contributed by atoms with van der Waals surface area (Å²) in [6.07, 6.45) is -0.246. The lowest BCUT2D eigenvalue weighted by Crippen LogP contribution is -2.30. The van der Waals surface area contributed by atoms with Crippen LogP contribution in [-0.4, -0.2) is 28.2 Å². The third kappa shape index (κ3) is 0.736. The molecule has 0 saturated carbocycles. The first-order chi connectivity index (χ1) is 3.57. The molecule has 0 spiro atoms. The van der Waals surface area contributed by atoms with Crippen LogP contribution in [0.1, 0.15) is 6.92 Å². The van der Waals surface area contributed by atoms with E-state index in [9.17, 15) is 0 Å². The Bertz CT molecular complexity index is 109. The number of ether oxygens (including phenoxy) is 1. The molecule has 0 aromatic carbocycles.